The first-order valence-corrected chi connectivity index (χ1v) is 10.6. The molecule has 1 saturated heterocycles. The molecular weight excluding hydrogens is 394 g/mol. The fraction of sp³-hybridized carbons (Fsp3) is 0.500. The molecule has 0 amide bonds. The monoisotopic (exact) mass is 421 g/mol. The summed E-state index contributed by atoms with van der Waals surface area (Å²) >= 11 is 1.12. The van der Waals surface area contributed by atoms with E-state index in [-0.39, 0.29) is 4.88 Å². The van der Waals surface area contributed by atoms with Crippen LogP contribution in [0.25, 0.3) is 0 Å². The number of carboxylic acid groups (broad SMARTS) is 1. The lowest BCUT2D eigenvalue weighted by atomic mass is 10.2. The Kier molecular flexibility index (Phi) is 7.16. The van der Waals surface area contributed by atoms with Crippen LogP contribution in [0.5, 0.6) is 11.5 Å². The van der Waals surface area contributed by atoms with E-state index in [1.807, 2.05) is 32.9 Å². The zero-order chi connectivity index (χ0) is 20.8. The Labute approximate surface area is 174 Å². The minimum absolute atomic E-state index is 0.253. The molecule has 0 spiro atoms. The van der Waals surface area contributed by atoms with Crippen LogP contribution in [0.3, 0.4) is 0 Å². The summed E-state index contributed by atoms with van der Waals surface area (Å²) in [5.41, 5.74) is 2.22. The van der Waals surface area contributed by atoms with Gasteiger partial charge in [0.2, 0.25) is 0 Å². The normalized spacial score (nSPS) is 14.0. The van der Waals surface area contributed by atoms with Crippen LogP contribution in [0, 0.1) is 0 Å². The van der Waals surface area contributed by atoms with Gasteiger partial charge in [-0.1, -0.05) is 18.3 Å². The molecule has 2 aromatic rings. The molecule has 0 bridgehead atoms. The summed E-state index contributed by atoms with van der Waals surface area (Å²) in [6.07, 6.45) is 0.554. The number of anilines is 3. The highest BCUT2D eigenvalue weighted by Gasteiger charge is 2.21. The standard InChI is InChI=1S/C20H27N3O5S/c1-4-13-18(19(24)25)29-20(21-13)22-14-11-17(28-6-3)15(12-16(14)27-5-2)23-7-9-26-10-8-23/h11-12H,4-10H2,1-3H3,(H,21,22)(H,24,25). The molecular formula is C20H27N3O5S. The van der Waals surface area contributed by atoms with Crippen molar-refractivity contribution in [2.24, 2.45) is 0 Å². The molecule has 29 heavy (non-hydrogen) atoms. The molecule has 1 aromatic heterocycles. The third-order valence-electron chi connectivity index (χ3n) is 4.48. The molecule has 2 N–H and O–H groups in total. The van der Waals surface area contributed by atoms with Crippen molar-refractivity contribution < 1.29 is 24.1 Å². The van der Waals surface area contributed by atoms with Gasteiger partial charge in [0.05, 0.1) is 43.5 Å². The summed E-state index contributed by atoms with van der Waals surface area (Å²) in [5, 5.41) is 13.1. The van der Waals surface area contributed by atoms with Crippen LogP contribution in [0.15, 0.2) is 12.1 Å². The number of benzene rings is 1. The fourth-order valence-corrected chi connectivity index (χ4v) is 4.08. The first kappa shape index (κ1) is 21.2. The van der Waals surface area contributed by atoms with Crippen LogP contribution >= 0.6 is 11.3 Å². The molecule has 3 rings (SSSR count). The van der Waals surface area contributed by atoms with Crippen molar-refractivity contribution in [2.75, 3.05) is 49.7 Å². The predicted molar refractivity (Wildman–Crippen MR) is 114 cm³/mol. The van der Waals surface area contributed by atoms with E-state index >= 15 is 0 Å². The zero-order valence-corrected chi connectivity index (χ0v) is 17.8. The lowest BCUT2D eigenvalue weighted by molar-refractivity contribution is 0.0700. The molecule has 9 heteroatoms. The van der Waals surface area contributed by atoms with Gasteiger partial charge in [-0.15, -0.1) is 0 Å². The number of morpholine rings is 1. The van der Waals surface area contributed by atoms with E-state index in [0.717, 1.165) is 35.9 Å². The smallest absolute Gasteiger partial charge is 0.347 e. The van der Waals surface area contributed by atoms with Gasteiger partial charge in [-0.2, -0.15) is 0 Å². The van der Waals surface area contributed by atoms with Gasteiger partial charge in [-0.05, 0) is 20.3 Å². The maximum atomic E-state index is 11.5. The Morgan fingerprint density at radius 1 is 1.21 bits per heavy atom. The maximum Gasteiger partial charge on any atom is 0.347 e. The average molecular weight is 422 g/mol. The molecule has 158 valence electrons. The number of carboxylic acids is 1. The Morgan fingerprint density at radius 3 is 2.48 bits per heavy atom. The molecule has 2 heterocycles. The molecule has 1 aliphatic heterocycles. The number of ether oxygens (including phenoxy) is 3. The van der Waals surface area contributed by atoms with Gasteiger partial charge < -0.3 is 29.5 Å². The van der Waals surface area contributed by atoms with Gasteiger partial charge in [0, 0.05) is 25.2 Å². The van der Waals surface area contributed by atoms with Gasteiger partial charge in [-0.25, -0.2) is 9.78 Å². The molecule has 1 aliphatic rings. The van der Waals surface area contributed by atoms with E-state index in [1.165, 1.54) is 0 Å². The molecule has 1 aromatic carbocycles. The third-order valence-corrected chi connectivity index (χ3v) is 5.48. The largest absolute Gasteiger partial charge is 0.492 e. The lowest BCUT2D eigenvalue weighted by Crippen LogP contribution is -2.36. The summed E-state index contributed by atoms with van der Waals surface area (Å²) in [6, 6.07) is 3.86. The number of hydrogen-bond donors (Lipinski definition) is 2. The molecule has 0 radical (unpaired) electrons. The second kappa shape index (κ2) is 9.80. The second-order valence-electron chi connectivity index (χ2n) is 6.36. The number of nitrogens with zero attached hydrogens (tertiary/aromatic N) is 2. The number of aromatic carboxylic acids is 1. The highest BCUT2D eigenvalue weighted by atomic mass is 32.1. The number of aryl methyl sites for hydroxylation is 1. The van der Waals surface area contributed by atoms with E-state index in [9.17, 15) is 9.90 Å². The first-order chi connectivity index (χ1) is 14.1. The molecule has 0 unspecified atom stereocenters. The number of hydrogen-bond acceptors (Lipinski definition) is 8. The first-order valence-electron chi connectivity index (χ1n) is 9.83. The SMILES string of the molecule is CCOc1cc(N2CCOCC2)c(OCC)cc1Nc1nc(CC)c(C(=O)O)s1. The Morgan fingerprint density at radius 2 is 1.90 bits per heavy atom. The highest BCUT2D eigenvalue weighted by molar-refractivity contribution is 7.17. The topological polar surface area (TPSA) is 93.2 Å². The summed E-state index contributed by atoms with van der Waals surface area (Å²) in [5.74, 6) is 0.448. The molecule has 0 atom stereocenters. The zero-order valence-electron chi connectivity index (χ0n) is 17.0. The van der Waals surface area contributed by atoms with Gasteiger partial charge in [-0.3, -0.25) is 0 Å². The Balaban J connectivity index is 1.98. The number of aromatic nitrogens is 1. The van der Waals surface area contributed by atoms with Gasteiger partial charge >= 0.3 is 5.97 Å². The van der Waals surface area contributed by atoms with Crippen molar-refractivity contribution in [1.29, 1.82) is 0 Å². The van der Waals surface area contributed by atoms with Crippen molar-refractivity contribution in [2.45, 2.75) is 27.2 Å². The van der Waals surface area contributed by atoms with Crippen LogP contribution in [-0.2, 0) is 11.2 Å². The molecule has 0 aliphatic carbocycles. The number of nitrogens with one attached hydrogen (secondary N) is 1. The number of carbonyl (C=O) groups is 1. The molecule has 1 fully saturated rings. The highest BCUT2D eigenvalue weighted by Crippen LogP contribution is 2.41. The predicted octanol–water partition coefficient (Wildman–Crippen LogP) is 3.78. The van der Waals surface area contributed by atoms with E-state index in [0.29, 0.717) is 55.1 Å². The van der Waals surface area contributed by atoms with Crippen LogP contribution in [0.2, 0.25) is 0 Å². The van der Waals surface area contributed by atoms with Gasteiger partial charge in [0.25, 0.3) is 0 Å². The van der Waals surface area contributed by atoms with Crippen LogP contribution in [-0.4, -0.2) is 55.6 Å². The molecule has 0 saturated carbocycles. The Hall–Kier alpha value is -2.52. The van der Waals surface area contributed by atoms with Crippen LogP contribution < -0.4 is 19.7 Å². The van der Waals surface area contributed by atoms with Crippen molar-refractivity contribution in [3.63, 3.8) is 0 Å². The minimum Gasteiger partial charge on any atom is -0.492 e. The fourth-order valence-electron chi connectivity index (χ4n) is 3.17. The van der Waals surface area contributed by atoms with Crippen molar-refractivity contribution in [3.05, 3.63) is 22.7 Å². The minimum atomic E-state index is -0.963. The van der Waals surface area contributed by atoms with E-state index in [1.54, 1.807) is 0 Å². The third kappa shape index (κ3) is 4.91. The van der Waals surface area contributed by atoms with Crippen molar-refractivity contribution >= 4 is 33.8 Å². The lowest BCUT2D eigenvalue weighted by Gasteiger charge is -2.31. The number of rotatable bonds is 9. The second-order valence-corrected chi connectivity index (χ2v) is 7.36. The summed E-state index contributed by atoms with van der Waals surface area (Å²) in [6.45, 7) is 9.71. The van der Waals surface area contributed by atoms with Crippen molar-refractivity contribution in [1.82, 2.24) is 4.98 Å². The van der Waals surface area contributed by atoms with Crippen LogP contribution in [0.4, 0.5) is 16.5 Å². The van der Waals surface area contributed by atoms with E-state index in [4.69, 9.17) is 14.2 Å². The summed E-state index contributed by atoms with van der Waals surface area (Å²) < 4.78 is 17.2. The summed E-state index contributed by atoms with van der Waals surface area (Å²) in [7, 11) is 0. The van der Waals surface area contributed by atoms with Crippen LogP contribution in [0.1, 0.15) is 36.1 Å². The molecule has 8 nitrogen and oxygen atoms in total. The average Bonchev–Trinajstić information content (AvgIpc) is 3.14. The van der Waals surface area contributed by atoms with Gasteiger partial charge in [0.15, 0.2) is 5.13 Å². The van der Waals surface area contributed by atoms with Crippen molar-refractivity contribution in [3.8, 4) is 11.5 Å². The number of thiazole rings is 1. The van der Waals surface area contributed by atoms with E-state index in [2.05, 4.69) is 15.2 Å². The quantitative estimate of drug-likeness (QED) is 0.632. The maximum absolute atomic E-state index is 11.5. The Bertz CT molecular complexity index is 849. The summed E-state index contributed by atoms with van der Waals surface area (Å²) in [4.78, 5) is 18.4. The van der Waals surface area contributed by atoms with E-state index < -0.39 is 5.97 Å². The van der Waals surface area contributed by atoms with Gasteiger partial charge in [0.1, 0.15) is 16.4 Å².